The van der Waals surface area contributed by atoms with Gasteiger partial charge in [-0.1, -0.05) is 54.5 Å². The number of allylic oxidation sites excluding steroid dienone is 2. The van der Waals surface area contributed by atoms with E-state index in [2.05, 4.69) is 50.9 Å². The third-order valence-electron chi connectivity index (χ3n) is 13.2. The Kier molecular flexibility index (Phi) is 5.61. The van der Waals surface area contributed by atoms with Gasteiger partial charge in [-0.2, -0.15) is 5.26 Å². The Morgan fingerprint density at radius 2 is 1.62 bits per heavy atom. The van der Waals surface area contributed by atoms with Gasteiger partial charge >= 0.3 is 0 Å². The molecule has 4 saturated carbocycles. The van der Waals surface area contributed by atoms with Crippen LogP contribution in [0.4, 0.5) is 0 Å². The van der Waals surface area contributed by atoms with Crippen LogP contribution in [0, 0.1) is 74.9 Å². The molecule has 39 heavy (non-hydrogen) atoms. The second-order valence-electron chi connectivity index (χ2n) is 15.9. The number of aromatic nitrogens is 2. The number of carbonyl (C=O) groups is 2. The SMILES string of the molecule is Cc1nnc([C@@H]2CC(C)(C)CC3C2CC[C@]2(C)C3C(=O)C[C@@H]3[C@@]4(C)C=C(C#N)C(=O)C(C)(C)[C@@H]4CC[C@]32C)o1. The van der Waals surface area contributed by atoms with Crippen molar-refractivity contribution in [3.05, 3.63) is 23.4 Å². The number of hydrogen-bond acceptors (Lipinski definition) is 6. The minimum absolute atomic E-state index is 0.0152. The maximum Gasteiger partial charge on any atom is 0.219 e. The first-order chi connectivity index (χ1) is 18.1. The van der Waals surface area contributed by atoms with Gasteiger partial charge in [-0.15, -0.1) is 10.2 Å². The molecule has 0 spiro atoms. The molecule has 0 aromatic carbocycles. The molecule has 6 rings (SSSR count). The number of rotatable bonds is 1. The molecule has 3 unspecified atom stereocenters. The topological polar surface area (TPSA) is 96.9 Å². The van der Waals surface area contributed by atoms with Crippen LogP contribution in [0.5, 0.6) is 0 Å². The number of Topliss-reactive ketones (excluding diaryl/α,β-unsaturated/α-hetero) is 2. The lowest BCUT2D eigenvalue weighted by Gasteiger charge is -2.71. The summed E-state index contributed by atoms with van der Waals surface area (Å²) in [5.74, 6) is 2.88. The second kappa shape index (κ2) is 8.14. The van der Waals surface area contributed by atoms with Crippen molar-refractivity contribution in [2.24, 2.45) is 56.7 Å². The summed E-state index contributed by atoms with van der Waals surface area (Å²) in [5, 5.41) is 18.6. The Hall–Kier alpha value is -2.29. The first-order valence-electron chi connectivity index (χ1n) is 15.1. The lowest BCUT2D eigenvalue weighted by molar-refractivity contribution is -0.212. The zero-order valence-electron chi connectivity index (χ0n) is 25.1. The van der Waals surface area contributed by atoms with Gasteiger partial charge in [0.15, 0.2) is 5.78 Å². The predicted molar refractivity (Wildman–Crippen MR) is 147 cm³/mol. The van der Waals surface area contributed by atoms with E-state index in [0.29, 0.717) is 29.9 Å². The maximum atomic E-state index is 14.5. The molecule has 0 saturated heterocycles. The van der Waals surface area contributed by atoms with Gasteiger partial charge in [0.1, 0.15) is 11.9 Å². The molecule has 1 aromatic heterocycles. The van der Waals surface area contributed by atoms with E-state index in [1.807, 2.05) is 26.8 Å². The van der Waals surface area contributed by atoms with Gasteiger partial charge in [0.05, 0.1) is 5.57 Å². The first kappa shape index (κ1) is 26.9. The fourth-order valence-corrected chi connectivity index (χ4v) is 11.4. The van der Waals surface area contributed by atoms with Gasteiger partial charge in [-0.05, 0) is 83.9 Å². The van der Waals surface area contributed by atoms with Gasteiger partial charge in [0, 0.05) is 30.6 Å². The monoisotopic (exact) mass is 531 g/mol. The average molecular weight is 532 g/mol. The van der Waals surface area contributed by atoms with Crippen molar-refractivity contribution in [1.29, 1.82) is 5.26 Å². The van der Waals surface area contributed by atoms with Crippen molar-refractivity contribution in [3.63, 3.8) is 0 Å². The van der Waals surface area contributed by atoms with E-state index in [-0.39, 0.29) is 56.7 Å². The van der Waals surface area contributed by atoms with Crippen LogP contribution in [-0.4, -0.2) is 21.8 Å². The van der Waals surface area contributed by atoms with Crippen LogP contribution in [0.15, 0.2) is 16.1 Å². The summed E-state index contributed by atoms with van der Waals surface area (Å²) in [6.45, 7) is 17.7. The molecular weight excluding hydrogens is 486 g/mol. The largest absolute Gasteiger partial charge is 0.425 e. The molecule has 9 atom stereocenters. The molecule has 1 aromatic rings. The van der Waals surface area contributed by atoms with Gasteiger partial charge in [0.25, 0.3) is 0 Å². The van der Waals surface area contributed by atoms with E-state index in [1.54, 1.807) is 0 Å². The van der Waals surface area contributed by atoms with Gasteiger partial charge in [-0.3, -0.25) is 9.59 Å². The van der Waals surface area contributed by atoms with Crippen molar-refractivity contribution in [1.82, 2.24) is 10.2 Å². The fourth-order valence-electron chi connectivity index (χ4n) is 11.4. The van der Waals surface area contributed by atoms with E-state index in [4.69, 9.17) is 4.42 Å². The van der Waals surface area contributed by atoms with Crippen LogP contribution >= 0.6 is 0 Å². The number of hydrogen-bond donors (Lipinski definition) is 0. The van der Waals surface area contributed by atoms with Crippen LogP contribution in [0.2, 0.25) is 0 Å². The molecule has 0 radical (unpaired) electrons. The van der Waals surface area contributed by atoms with Gasteiger partial charge < -0.3 is 4.42 Å². The van der Waals surface area contributed by atoms with Crippen LogP contribution in [0.25, 0.3) is 0 Å². The summed E-state index contributed by atoms with van der Waals surface area (Å²) in [6, 6.07) is 2.23. The molecule has 210 valence electrons. The molecule has 6 nitrogen and oxygen atoms in total. The zero-order chi connectivity index (χ0) is 28.3. The minimum Gasteiger partial charge on any atom is -0.425 e. The quantitative estimate of drug-likeness (QED) is 0.387. The second-order valence-corrected chi connectivity index (χ2v) is 15.9. The summed E-state index contributed by atoms with van der Waals surface area (Å²) >= 11 is 0. The normalized spacial score (nSPS) is 46.2. The zero-order valence-corrected chi connectivity index (χ0v) is 25.1. The highest BCUT2D eigenvalue weighted by molar-refractivity contribution is 6.04. The Balaban J connectivity index is 1.43. The lowest BCUT2D eigenvalue weighted by Crippen LogP contribution is -2.67. The van der Waals surface area contributed by atoms with Crippen molar-refractivity contribution < 1.29 is 14.0 Å². The van der Waals surface area contributed by atoms with E-state index in [0.717, 1.165) is 44.4 Å². The molecule has 5 aliphatic carbocycles. The molecule has 1 heterocycles. The van der Waals surface area contributed by atoms with Crippen molar-refractivity contribution in [2.75, 3.05) is 0 Å². The van der Waals surface area contributed by atoms with E-state index >= 15 is 0 Å². The first-order valence-corrected chi connectivity index (χ1v) is 15.1. The predicted octanol–water partition coefficient (Wildman–Crippen LogP) is 7.00. The Labute approximate surface area is 233 Å². The van der Waals surface area contributed by atoms with Crippen molar-refractivity contribution in [3.8, 4) is 6.07 Å². The van der Waals surface area contributed by atoms with Crippen molar-refractivity contribution >= 4 is 11.6 Å². The van der Waals surface area contributed by atoms with Crippen LogP contribution in [0.3, 0.4) is 0 Å². The lowest BCUT2D eigenvalue weighted by atomic mass is 9.32. The highest BCUT2D eigenvalue weighted by atomic mass is 16.4. The molecule has 0 amide bonds. The Morgan fingerprint density at radius 1 is 0.923 bits per heavy atom. The summed E-state index contributed by atoms with van der Waals surface area (Å²) in [6.07, 6.45) is 8.66. The van der Waals surface area contributed by atoms with E-state index in [9.17, 15) is 14.9 Å². The van der Waals surface area contributed by atoms with Crippen LogP contribution < -0.4 is 0 Å². The average Bonchev–Trinajstić information content (AvgIpc) is 3.28. The van der Waals surface area contributed by atoms with Crippen molar-refractivity contribution in [2.45, 2.75) is 106 Å². The highest BCUT2D eigenvalue weighted by Gasteiger charge is 2.71. The minimum atomic E-state index is -0.600. The number of aryl methyl sites for hydroxylation is 1. The number of ketones is 2. The number of carbonyl (C=O) groups excluding carboxylic acids is 2. The van der Waals surface area contributed by atoms with E-state index < -0.39 is 5.41 Å². The fraction of sp³-hybridized carbons (Fsp3) is 0.788. The third kappa shape index (κ3) is 3.43. The molecule has 4 fully saturated rings. The molecule has 6 heteroatoms. The highest BCUT2D eigenvalue weighted by Crippen LogP contribution is 2.75. The van der Waals surface area contributed by atoms with Crippen LogP contribution in [0.1, 0.15) is 111 Å². The summed E-state index contributed by atoms with van der Waals surface area (Å²) in [5.41, 5.74) is -0.752. The van der Waals surface area contributed by atoms with E-state index in [1.165, 1.54) is 0 Å². The van der Waals surface area contributed by atoms with Gasteiger partial charge in [0.2, 0.25) is 11.8 Å². The Bertz CT molecular complexity index is 1320. The maximum absolute atomic E-state index is 14.5. The van der Waals surface area contributed by atoms with Crippen LogP contribution in [-0.2, 0) is 9.59 Å². The smallest absolute Gasteiger partial charge is 0.219 e. The molecule has 5 aliphatic rings. The number of nitrogens with zero attached hydrogens (tertiary/aromatic N) is 3. The summed E-state index contributed by atoms with van der Waals surface area (Å²) < 4.78 is 6.01. The summed E-state index contributed by atoms with van der Waals surface area (Å²) in [4.78, 5) is 27.8. The molecular formula is C33H45N3O3. The Morgan fingerprint density at radius 3 is 2.26 bits per heavy atom. The summed E-state index contributed by atoms with van der Waals surface area (Å²) in [7, 11) is 0. The third-order valence-corrected chi connectivity index (χ3v) is 13.2. The number of fused-ring (bicyclic) bond motifs is 7. The molecule has 0 aliphatic heterocycles. The molecule has 0 bridgehead atoms. The molecule has 0 N–H and O–H groups in total. The standard InChI is InChI=1S/C33H45N3O3/c1-18-35-36-28(39-18)22-16-29(2,3)15-21-20(22)9-11-33(8)26(21)23(37)13-25-31(6)14-19(17-34)27(38)30(4,5)24(31)10-12-32(25,33)7/h14,20-22,24-26H,9-13,15-16H2,1-8H3/t20?,21?,22-,24+,25-,26?,31+,32-,33-/m1/s1. The van der Waals surface area contributed by atoms with Gasteiger partial charge in [-0.25, -0.2) is 0 Å². The number of nitriles is 1.